The number of nitrogens with one attached hydrogen (secondary N) is 1. The minimum atomic E-state index is -0.109. The van der Waals surface area contributed by atoms with E-state index in [0.29, 0.717) is 18.2 Å². The second-order valence-electron chi connectivity index (χ2n) is 7.31. The van der Waals surface area contributed by atoms with Gasteiger partial charge < -0.3 is 5.32 Å². The highest BCUT2D eigenvalue weighted by molar-refractivity contribution is 6.04. The Hall–Kier alpha value is -3.06. The lowest BCUT2D eigenvalue weighted by Crippen LogP contribution is -2.24. The summed E-state index contributed by atoms with van der Waals surface area (Å²) in [5, 5.41) is 15.1. The first kappa shape index (κ1) is 18.3. The molecule has 1 amide bonds. The first-order valence-corrected chi connectivity index (χ1v) is 9.55. The van der Waals surface area contributed by atoms with Gasteiger partial charge >= 0.3 is 0 Å². The van der Waals surface area contributed by atoms with Crippen molar-refractivity contribution in [3.05, 3.63) is 71.5 Å². The van der Waals surface area contributed by atoms with Gasteiger partial charge in [0.2, 0.25) is 0 Å². The summed E-state index contributed by atoms with van der Waals surface area (Å²) in [6.45, 7) is 2.81. The molecule has 0 radical (unpaired) electrons. The molecule has 7 nitrogen and oxygen atoms in total. The van der Waals surface area contributed by atoms with Crippen LogP contribution in [-0.2, 0) is 6.54 Å². The fourth-order valence-corrected chi connectivity index (χ4v) is 3.20. The lowest BCUT2D eigenvalue weighted by Gasteiger charge is -2.25. The van der Waals surface area contributed by atoms with Crippen molar-refractivity contribution in [3.8, 4) is 0 Å². The lowest BCUT2D eigenvalue weighted by atomic mass is 10.1. The van der Waals surface area contributed by atoms with Crippen LogP contribution in [0.3, 0.4) is 0 Å². The van der Waals surface area contributed by atoms with Gasteiger partial charge in [-0.15, -0.1) is 5.10 Å². The monoisotopic (exact) mass is 376 g/mol. The van der Waals surface area contributed by atoms with E-state index in [1.54, 1.807) is 12.1 Å². The van der Waals surface area contributed by atoms with E-state index in [9.17, 15) is 4.79 Å². The van der Waals surface area contributed by atoms with Crippen molar-refractivity contribution >= 4 is 11.6 Å². The van der Waals surface area contributed by atoms with E-state index in [2.05, 4.69) is 45.8 Å². The quantitative estimate of drug-likeness (QED) is 0.683. The summed E-state index contributed by atoms with van der Waals surface area (Å²) < 4.78 is 1.94. The maximum absolute atomic E-state index is 12.4. The maximum atomic E-state index is 12.4. The molecule has 28 heavy (non-hydrogen) atoms. The molecule has 4 rings (SSSR count). The van der Waals surface area contributed by atoms with Crippen LogP contribution >= 0.6 is 0 Å². The fraction of sp³-hybridized carbons (Fsp3) is 0.333. The summed E-state index contributed by atoms with van der Waals surface area (Å²) in [6, 6.07) is 17.8. The van der Waals surface area contributed by atoms with Gasteiger partial charge in [0.05, 0.1) is 12.6 Å². The molecule has 1 N–H and O–H groups in total. The molecular formula is C21H24N6O. The van der Waals surface area contributed by atoms with Gasteiger partial charge in [-0.1, -0.05) is 30.3 Å². The van der Waals surface area contributed by atoms with Crippen molar-refractivity contribution in [2.24, 2.45) is 0 Å². The third-order valence-electron chi connectivity index (χ3n) is 5.17. The van der Waals surface area contributed by atoms with E-state index >= 15 is 0 Å². The second-order valence-corrected chi connectivity index (χ2v) is 7.31. The Morgan fingerprint density at radius 3 is 2.75 bits per heavy atom. The zero-order valence-electron chi connectivity index (χ0n) is 16.1. The van der Waals surface area contributed by atoms with Crippen LogP contribution in [0.5, 0.6) is 0 Å². The predicted molar refractivity (Wildman–Crippen MR) is 107 cm³/mol. The number of rotatable bonds is 7. The average molecular weight is 376 g/mol. The summed E-state index contributed by atoms with van der Waals surface area (Å²) in [5.74, 6) is 0.785. The number of tetrazole rings is 1. The van der Waals surface area contributed by atoms with E-state index in [0.717, 1.165) is 29.9 Å². The molecule has 3 aromatic rings. The van der Waals surface area contributed by atoms with Gasteiger partial charge in [0, 0.05) is 17.3 Å². The van der Waals surface area contributed by atoms with Crippen LogP contribution in [0.4, 0.5) is 5.69 Å². The first-order valence-electron chi connectivity index (χ1n) is 9.55. The minimum Gasteiger partial charge on any atom is -0.322 e. The summed E-state index contributed by atoms with van der Waals surface area (Å²) in [6.07, 6.45) is 2.31. The molecule has 0 aliphatic heterocycles. The molecule has 0 spiro atoms. The number of nitrogens with zero attached hydrogens (tertiary/aromatic N) is 5. The van der Waals surface area contributed by atoms with Gasteiger partial charge in [0.1, 0.15) is 0 Å². The molecule has 7 heteroatoms. The highest BCUT2D eigenvalue weighted by Gasteiger charge is 2.28. The van der Waals surface area contributed by atoms with E-state index in [1.807, 2.05) is 41.1 Å². The molecule has 1 saturated carbocycles. The molecule has 1 aliphatic carbocycles. The van der Waals surface area contributed by atoms with E-state index < -0.39 is 0 Å². The second kappa shape index (κ2) is 7.90. The normalized spacial score (nSPS) is 14.8. The maximum Gasteiger partial charge on any atom is 0.255 e. The molecular weight excluding hydrogens is 352 g/mol. The van der Waals surface area contributed by atoms with Crippen molar-refractivity contribution in [2.75, 3.05) is 12.4 Å². The zero-order chi connectivity index (χ0) is 19.5. The Morgan fingerprint density at radius 1 is 1.21 bits per heavy atom. The van der Waals surface area contributed by atoms with E-state index in [-0.39, 0.29) is 11.9 Å². The van der Waals surface area contributed by atoms with Crippen molar-refractivity contribution in [2.45, 2.75) is 38.4 Å². The van der Waals surface area contributed by atoms with E-state index in [4.69, 9.17) is 0 Å². The Bertz CT molecular complexity index is 950. The molecule has 1 aliphatic rings. The Balaban J connectivity index is 1.44. The topological polar surface area (TPSA) is 75.9 Å². The molecule has 1 heterocycles. The van der Waals surface area contributed by atoms with Crippen molar-refractivity contribution < 1.29 is 4.79 Å². The molecule has 0 saturated heterocycles. The standard InChI is InChI=1S/C21H24N6O/c1-15(26(2)14-20-23-24-25-27(20)19-11-12-19)17-9-6-10-18(13-17)22-21(28)16-7-4-3-5-8-16/h3-10,13,15,19H,11-12,14H2,1-2H3,(H,22,28). The minimum absolute atomic E-state index is 0.109. The first-order chi connectivity index (χ1) is 13.6. The Kier molecular flexibility index (Phi) is 5.16. The predicted octanol–water partition coefficient (Wildman–Crippen LogP) is 3.45. The summed E-state index contributed by atoms with van der Waals surface area (Å²) >= 11 is 0. The highest BCUT2D eigenvalue weighted by Crippen LogP contribution is 2.34. The smallest absolute Gasteiger partial charge is 0.255 e. The van der Waals surface area contributed by atoms with Gasteiger partial charge in [-0.05, 0) is 67.1 Å². The summed E-state index contributed by atoms with van der Waals surface area (Å²) in [4.78, 5) is 14.6. The van der Waals surface area contributed by atoms with Gasteiger partial charge in [-0.2, -0.15) is 0 Å². The van der Waals surface area contributed by atoms with Gasteiger partial charge in [0.25, 0.3) is 5.91 Å². The lowest BCUT2D eigenvalue weighted by molar-refractivity contribution is 0.102. The van der Waals surface area contributed by atoms with Gasteiger partial charge in [-0.3, -0.25) is 9.69 Å². The third-order valence-corrected chi connectivity index (χ3v) is 5.17. The number of aromatic nitrogens is 4. The van der Waals surface area contributed by atoms with Crippen molar-refractivity contribution in [1.82, 2.24) is 25.1 Å². The molecule has 1 aromatic heterocycles. The third kappa shape index (κ3) is 4.09. The van der Waals surface area contributed by atoms with Crippen LogP contribution in [0, 0.1) is 0 Å². The Morgan fingerprint density at radius 2 is 2.00 bits per heavy atom. The number of hydrogen-bond donors (Lipinski definition) is 1. The van der Waals surface area contributed by atoms with Crippen LogP contribution in [-0.4, -0.2) is 38.1 Å². The molecule has 0 bridgehead atoms. The molecule has 144 valence electrons. The molecule has 1 atom stereocenters. The van der Waals surface area contributed by atoms with Crippen molar-refractivity contribution in [1.29, 1.82) is 0 Å². The number of carbonyl (C=O) groups is 1. The summed E-state index contributed by atoms with van der Waals surface area (Å²) in [5.41, 5.74) is 2.55. The summed E-state index contributed by atoms with van der Waals surface area (Å²) in [7, 11) is 2.06. The van der Waals surface area contributed by atoms with Crippen molar-refractivity contribution in [3.63, 3.8) is 0 Å². The van der Waals surface area contributed by atoms with E-state index in [1.165, 1.54) is 0 Å². The van der Waals surface area contributed by atoms with Gasteiger partial charge in [0.15, 0.2) is 5.82 Å². The average Bonchev–Trinajstić information content (AvgIpc) is 3.47. The number of anilines is 1. The Labute approximate surface area is 164 Å². The fourth-order valence-electron chi connectivity index (χ4n) is 3.20. The number of benzene rings is 2. The molecule has 1 fully saturated rings. The van der Waals surface area contributed by atoms with Crippen LogP contribution < -0.4 is 5.32 Å². The SMILES string of the molecule is CC(c1cccc(NC(=O)c2ccccc2)c1)N(C)Cc1nnnn1C1CC1. The number of carbonyl (C=O) groups excluding carboxylic acids is 1. The van der Waals surface area contributed by atoms with Gasteiger partial charge in [-0.25, -0.2) is 4.68 Å². The number of hydrogen-bond acceptors (Lipinski definition) is 5. The van der Waals surface area contributed by atoms with Crippen LogP contribution in [0.2, 0.25) is 0 Å². The van der Waals surface area contributed by atoms with Crippen LogP contribution in [0.1, 0.15) is 53.6 Å². The molecule has 2 aromatic carbocycles. The highest BCUT2D eigenvalue weighted by atomic mass is 16.1. The molecule has 1 unspecified atom stereocenters. The zero-order valence-corrected chi connectivity index (χ0v) is 16.1. The van der Waals surface area contributed by atoms with Crippen LogP contribution in [0.15, 0.2) is 54.6 Å². The number of amides is 1. The largest absolute Gasteiger partial charge is 0.322 e. The van der Waals surface area contributed by atoms with Crippen LogP contribution in [0.25, 0.3) is 0 Å².